The Hall–Kier alpha value is -0.690. The Morgan fingerprint density at radius 3 is 2.38 bits per heavy atom. The van der Waals surface area contributed by atoms with Crippen LogP contribution >= 0.6 is 11.3 Å². The van der Waals surface area contributed by atoms with Crippen LogP contribution < -0.4 is 10.6 Å². The van der Waals surface area contributed by atoms with Crippen LogP contribution in [0.3, 0.4) is 0 Å². The molecule has 2 N–H and O–H groups in total. The summed E-state index contributed by atoms with van der Waals surface area (Å²) >= 11 is 1.61. The van der Waals surface area contributed by atoms with Gasteiger partial charge in [0.2, 0.25) is 0 Å². The first-order chi connectivity index (χ1) is 7.81. The first-order valence-electron chi connectivity index (χ1n) is 5.19. The lowest BCUT2D eigenvalue weighted by Gasteiger charge is -2.20. The SMILES string of the molecule is COCCN(CCOC)c1nc(CN)cs1. The van der Waals surface area contributed by atoms with Gasteiger partial charge >= 0.3 is 0 Å². The lowest BCUT2D eigenvalue weighted by molar-refractivity contribution is 0.190. The summed E-state index contributed by atoms with van der Waals surface area (Å²) in [5.74, 6) is 0. The van der Waals surface area contributed by atoms with E-state index in [1.165, 1.54) is 0 Å². The van der Waals surface area contributed by atoms with Gasteiger partial charge in [-0.1, -0.05) is 0 Å². The minimum Gasteiger partial charge on any atom is -0.383 e. The molecule has 1 aromatic rings. The molecule has 0 saturated heterocycles. The van der Waals surface area contributed by atoms with Crippen LogP contribution in [0.25, 0.3) is 0 Å². The molecule has 0 saturated carbocycles. The predicted molar refractivity (Wildman–Crippen MR) is 66.0 cm³/mol. The number of hydrogen-bond acceptors (Lipinski definition) is 6. The van der Waals surface area contributed by atoms with Crippen molar-refractivity contribution in [1.82, 2.24) is 4.98 Å². The maximum Gasteiger partial charge on any atom is 0.185 e. The minimum atomic E-state index is 0.485. The van der Waals surface area contributed by atoms with Crippen molar-refractivity contribution in [2.24, 2.45) is 5.73 Å². The molecule has 0 radical (unpaired) electrons. The molecular weight excluding hydrogens is 226 g/mol. The second kappa shape index (κ2) is 7.56. The summed E-state index contributed by atoms with van der Waals surface area (Å²) in [7, 11) is 3.39. The fourth-order valence-corrected chi connectivity index (χ4v) is 2.13. The van der Waals surface area contributed by atoms with E-state index in [9.17, 15) is 0 Å². The highest BCUT2D eigenvalue weighted by atomic mass is 32.1. The number of nitrogens with zero attached hydrogens (tertiary/aromatic N) is 2. The highest BCUT2D eigenvalue weighted by Gasteiger charge is 2.10. The zero-order chi connectivity index (χ0) is 11.8. The number of methoxy groups -OCH3 is 2. The van der Waals surface area contributed by atoms with Gasteiger partial charge < -0.3 is 20.1 Å². The second-order valence-corrected chi connectivity index (χ2v) is 4.13. The van der Waals surface area contributed by atoms with E-state index in [2.05, 4.69) is 9.88 Å². The van der Waals surface area contributed by atoms with Crippen LogP contribution in [0, 0.1) is 0 Å². The smallest absolute Gasteiger partial charge is 0.185 e. The second-order valence-electron chi connectivity index (χ2n) is 3.30. The molecule has 0 fully saturated rings. The molecule has 1 heterocycles. The van der Waals surface area contributed by atoms with Gasteiger partial charge in [-0.15, -0.1) is 11.3 Å². The van der Waals surface area contributed by atoms with Crippen LogP contribution in [0.5, 0.6) is 0 Å². The molecule has 0 aliphatic carbocycles. The van der Waals surface area contributed by atoms with Gasteiger partial charge in [0.05, 0.1) is 18.9 Å². The van der Waals surface area contributed by atoms with E-state index in [1.807, 2.05) is 5.38 Å². The van der Waals surface area contributed by atoms with E-state index in [4.69, 9.17) is 15.2 Å². The molecule has 6 heteroatoms. The highest BCUT2D eigenvalue weighted by molar-refractivity contribution is 7.13. The van der Waals surface area contributed by atoms with E-state index in [0.29, 0.717) is 19.8 Å². The van der Waals surface area contributed by atoms with Crippen molar-refractivity contribution in [3.8, 4) is 0 Å². The number of aromatic nitrogens is 1. The number of nitrogens with two attached hydrogens (primary N) is 1. The third-order valence-corrected chi connectivity index (χ3v) is 3.10. The topological polar surface area (TPSA) is 60.6 Å². The van der Waals surface area contributed by atoms with Gasteiger partial charge in [0.15, 0.2) is 5.13 Å². The molecule has 0 amide bonds. The van der Waals surface area contributed by atoms with Crippen molar-refractivity contribution in [2.45, 2.75) is 6.54 Å². The van der Waals surface area contributed by atoms with Crippen molar-refractivity contribution in [2.75, 3.05) is 45.4 Å². The molecule has 0 aromatic carbocycles. The largest absolute Gasteiger partial charge is 0.383 e. The molecule has 16 heavy (non-hydrogen) atoms. The lowest BCUT2D eigenvalue weighted by atomic mass is 10.5. The van der Waals surface area contributed by atoms with Crippen molar-refractivity contribution >= 4 is 16.5 Å². The monoisotopic (exact) mass is 245 g/mol. The number of thiazole rings is 1. The van der Waals surface area contributed by atoms with E-state index in [0.717, 1.165) is 23.9 Å². The lowest BCUT2D eigenvalue weighted by Crippen LogP contribution is -2.30. The van der Waals surface area contributed by atoms with Crippen LogP contribution in [0.2, 0.25) is 0 Å². The van der Waals surface area contributed by atoms with Crippen molar-refractivity contribution in [3.63, 3.8) is 0 Å². The third-order valence-electron chi connectivity index (χ3n) is 2.15. The summed E-state index contributed by atoms with van der Waals surface area (Å²) in [4.78, 5) is 6.59. The fourth-order valence-electron chi connectivity index (χ4n) is 1.24. The third kappa shape index (κ3) is 4.05. The summed E-state index contributed by atoms with van der Waals surface area (Å²) in [5.41, 5.74) is 6.47. The van der Waals surface area contributed by atoms with Gasteiger partial charge in [-0.25, -0.2) is 4.98 Å². The highest BCUT2D eigenvalue weighted by Crippen LogP contribution is 2.19. The molecule has 1 rings (SSSR count). The summed E-state index contributed by atoms with van der Waals surface area (Å²) in [6.07, 6.45) is 0. The van der Waals surface area contributed by atoms with Gasteiger partial charge in [-0.2, -0.15) is 0 Å². The van der Waals surface area contributed by atoms with E-state index in [-0.39, 0.29) is 0 Å². The molecule has 0 aliphatic rings. The van der Waals surface area contributed by atoms with Gasteiger partial charge in [-0.05, 0) is 0 Å². The predicted octanol–water partition coefficient (Wildman–Crippen LogP) is 0.701. The summed E-state index contributed by atoms with van der Waals surface area (Å²) in [6, 6.07) is 0. The Bertz CT molecular complexity index is 285. The molecule has 0 spiro atoms. The van der Waals surface area contributed by atoms with Crippen LogP contribution in [-0.4, -0.2) is 45.5 Å². The Morgan fingerprint density at radius 1 is 1.31 bits per heavy atom. The van der Waals surface area contributed by atoms with Gasteiger partial charge in [-0.3, -0.25) is 0 Å². The van der Waals surface area contributed by atoms with Gasteiger partial charge in [0.25, 0.3) is 0 Å². The molecular formula is C10H19N3O2S. The number of rotatable bonds is 8. The van der Waals surface area contributed by atoms with Crippen LogP contribution in [-0.2, 0) is 16.0 Å². The van der Waals surface area contributed by atoms with Crippen molar-refractivity contribution in [1.29, 1.82) is 0 Å². The van der Waals surface area contributed by atoms with Gasteiger partial charge in [0.1, 0.15) is 0 Å². The normalized spacial score (nSPS) is 10.7. The van der Waals surface area contributed by atoms with Crippen molar-refractivity contribution < 1.29 is 9.47 Å². The van der Waals surface area contributed by atoms with Gasteiger partial charge in [0, 0.05) is 39.2 Å². The summed E-state index contributed by atoms with van der Waals surface area (Å²) in [6.45, 7) is 3.48. The maximum atomic E-state index is 5.54. The Balaban J connectivity index is 2.58. The Labute approximate surface area is 100 Å². The van der Waals surface area contributed by atoms with Crippen LogP contribution in [0.4, 0.5) is 5.13 Å². The Morgan fingerprint density at radius 2 is 1.94 bits per heavy atom. The zero-order valence-electron chi connectivity index (χ0n) is 9.81. The van der Waals surface area contributed by atoms with E-state index in [1.54, 1.807) is 25.6 Å². The molecule has 92 valence electrons. The summed E-state index contributed by atoms with van der Waals surface area (Å²) < 4.78 is 10.2. The molecule has 0 aliphatic heterocycles. The van der Waals surface area contributed by atoms with E-state index < -0.39 is 0 Å². The molecule has 5 nitrogen and oxygen atoms in total. The molecule has 0 atom stereocenters. The average molecular weight is 245 g/mol. The Kier molecular flexibility index (Phi) is 6.32. The first-order valence-corrected chi connectivity index (χ1v) is 6.07. The number of anilines is 1. The van der Waals surface area contributed by atoms with E-state index >= 15 is 0 Å². The molecule has 1 aromatic heterocycles. The van der Waals surface area contributed by atoms with Crippen LogP contribution in [0.15, 0.2) is 5.38 Å². The molecule has 0 unspecified atom stereocenters. The molecule has 0 bridgehead atoms. The van der Waals surface area contributed by atoms with Crippen LogP contribution in [0.1, 0.15) is 5.69 Å². The number of ether oxygens (including phenoxy) is 2. The summed E-state index contributed by atoms with van der Waals surface area (Å²) in [5, 5.41) is 2.97. The standard InChI is InChI=1S/C10H19N3O2S/c1-14-5-3-13(4-6-15-2)10-12-9(7-11)8-16-10/h8H,3-7,11H2,1-2H3. The average Bonchev–Trinajstić information content (AvgIpc) is 2.78. The quantitative estimate of drug-likeness (QED) is 0.730. The number of hydrogen-bond donors (Lipinski definition) is 1. The fraction of sp³-hybridized carbons (Fsp3) is 0.700. The van der Waals surface area contributed by atoms with Crippen molar-refractivity contribution in [3.05, 3.63) is 11.1 Å². The maximum absolute atomic E-state index is 5.54. The zero-order valence-corrected chi connectivity index (χ0v) is 10.6. The minimum absolute atomic E-state index is 0.485. The first kappa shape index (κ1) is 13.4.